The van der Waals surface area contributed by atoms with Crippen molar-refractivity contribution in [1.29, 1.82) is 0 Å². The molecule has 1 N–H and O–H groups in total. The Bertz CT molecular complexity index is 569. The second kappa shape index (κ2) is 7.77. The van der Waals surface area contributed by atoms with E-state index in [0.717, 1.165) is 25.3 Å². The zero-order chi connectivity index (χ0) is 17.1. The minimum atomic E-state index is -0.218. The summed E-state index contributed by atoms with van der Waals surface area (Å²) in [4.78, 5) is 14.9. The molecule has 1 saturated carbocycles. The highest BCUT2D eigenvalue weighted by Gasteiger charge is 2.35. The van der Waals surface area contributed by atoms with Crippen LogP contribution in [0.5, 0.6) is 0 Å². The predicted octanol–water partition coefficient (Wildman–Crippen LogP) is 3.78. The Balaban J connectivity index is 1.30. The van der Waals surface area contributed by atoms with E-state index in [0.29, 0.717) is 18.4 Å². The molecule has 1 aromatic carbocycles. The van der Waals surface area contributed by atoms with Gasteiger partial charge in [0, 0.05) is 24.4 Å². The fourth-order valence-electron chi connectivity index (χ4n) is 5.06. The van der Waals surface area contributed by atoms with Crippen molar-refractivity contribution < 1.29 is 9.53 Å². The van der Waals surface area contributed by atoms with E-state index in [1.165, 1.54) is 44.3 Å². The third-order valence-corrected chi connectivity index (χ3v) is 6.52. The van der Waals surface area contributed by atoms with E-state index in [9.17, 15) is 4.79 Å². The van der Waals surface area contributed by atoms with E-state index in [1.54, 1.807) is 0 Å². The normalized spacial score (nSPS) is 34.5. The molecule has 136 valence electrons. The third kappa shape index (κ3) is 4.00. The van der Waals surface area contributed by atoms with Gasteiger partial charge in [-0.05, 0) is 50.3 Å². The summed E-state index contributed by atoms with van der Waals surface area (Å²) < 4.78 is 5.64. The minimum Gasteiger partial charge on any atom is -0.449 e. The number of hydrogen-bond acceptors (Lipinski definition) is 3. The van der Waals surface area contributed by atoms with Gasteiger partial charge in [-0.25, -0.2) is 4.79 Å². The number of amides is 1. The van der Waals surface area contributed by atoms with Crippen LogP contribution in [0.3, 0.4) is 0 Å². The van der Waals surface area contributed by atoms with Crippen LogP contribution in [0.25, 0.3) is 0 Å². The summed E-state index contributed by atoms with van der Waals surface area (Å²) in [5.41, 5.74) is 1.34. The fraction of sp³-hybridized carbons (Fsp3) is 0.667. The number of carbonyl (C=O) groups excluding carboxylic acids is 1. The van der Waals surface area contributed by atoms with Crippen molar-refractivity contribution in [2.45, 2.75) is 50.5 Å². The van der Waals surface area contributed by atoms with E-state index >= 15 is 0 Å². The van der Waals surface area contributed by atoms with Crippen LogP contribution >= 0.6 is 0 Å². The molecular formula is C21H30N2O2. The molecule has 3 atom stereocenters. The highest BCUT2D eigenvalue weighted by molar-refractivity contribution is 5.67. The molecule has 1 amide bonds. The Morgan fingerprint density at radius 1 is 1.08 bits per heavy atom. The van der Waals surface area contributed by atoms with Gasteiger partial charge in [-0.2, -0.15) is 0 Å². The van der Waals surface area contributed by atoms with Gasteiger partial charge in [-0.1, -0.05) is 43.2 Å². The Hall–Kier alpha value is -1.55. The van der Waals surface area contributed by atoms with E-state index in [-0.39, 0.29) is 12.1 Å². The monoisotopic (exact) mass is 342 g/mol. The van der Waals surface area contributed by atoms with Crippen molar-refractivity contribution in [2.75, 3.05) is 26.2 Å². The Labute approximate surface area is 150 Å². The van der Waals surface area contributed by atoms with E-state index < -0.39 is 0 Å². The molecule has 3 aliphatic heterocycles. The smallest absolute Gasteiger partial charge is 0.407 e. The molecule has 4 heteroatoms. The second-order valence-electron chi connectivity index (χ2n) is 8.05. The molecule has 1 unspecified atom stereocenters. The number of rotatable bonds is 4. The molecule has 2 bridgehead atoms. The summed E-state index contributed by atoms with van der Waals surface area (Å²) >= 11 is 0. The predicted molar refractivity (Wildman–Crippen MR) is 98.6 cm³/mol. The largest absolute Gasteiger partial charge is 0.449 e. The van der Waals surface area contributed by atoms with Crippen LogP contribution in [0.4, 0.5) is 4.79 Å². The number of nitrogens with zero attached hydrogens (tertiary/aromatic N) is 1. The van der Waals surface area contributed by atoms with Gasteiger partial charge >= 0.3 is 6.09 Å². The lowest BCUT2D eigenvalue weighted by Crippen LogP contribution is -2.49. The quantitative estimate of drug-likeness (QED) is 0.905. The zero-order valence-corrected chi connectivity index (χ0v) is 15.0. The maximum atomic E-state index is 12.4. The topological polar surface area (TPSA) is 41.6 Å². The van der Waals surface area contributed by atoms with E-state index in [2.05, 4.69) is 40.5 Å². The van der Waals surface area contributed by atoms with Crippen LogP contribution in [0.1, 0.15) is 50.0 Å². The molecular weight excluding hydrogens is 312 g/mol. The van der Waals surface area contributed by atoms with E-state index in [1.807, 2.05) is 0 Å². The lowest BCUT2D eigenvalue weighted by molar-refractivity contribution is 0.0117. The minimum absolute atomic E-state index is 0.204. The summed E-state index contributed by atoms with van der Waals surface area (Å²) in [6, 6.07) is 10.8. The van der Waals surface area contributed by atoms with Crippen LogP contribution in [0.2, 0.25) is 0 Å². The molecule has 25 heavy (non-hydrogen) atoms. The van der Waals surface area contributed by atoms with Gasteiger partial charge in [0.25, 0.3) is 0 Å². The molecule has 3 saturated heterocycles. The first-order valence-corrected chi connectivity index (χ1v) is 10.00. The average Bonchev–Trinajstić information content (AvgIpc) is 2.68. The molecule has 0 spiro atoms. The number of benzene rings is 1. The van der Waals surface area contributed by atoms with Crippen molar-refractivity contribution in [2.24, 2.45) is 11.8 Å². The standard InChI is InChI=1S/C21H30N2O2/c24-21(25-15-18-14-23-12-10-16(18)11-13-23)22-20-9-5-4-8-19(20)17-6-2-1-3-7-17/h1-3,6-7,16,18-20H,4-5,8-15H2,(H,22,24)/t18?,19-,20-/m1/s1. The fourth-order valence-corrected chi connectivity index (χ4v) is 5.06. The summed E-state index contributed by atoms with van der Waals surface area (Å²) in [6.07, 6.45) is 6.95. The van der Waals surface area contributed by atoms with Crippen molar-refractivity contribution in [3.8, 4) is 0 Å². The van der Waals surface area contributed by atoms with Crippen LogP contribution in [-0.4, -0.2) is 43.3 Å². The van der Waals surface area contributed by atoms with Gasteiger partial charge in [-0.15, -0.1) is 0 Å². The average molecular weight is 342 g/mol. The molecule has 4 fully saturated rings. The molecule has 1 aliphatic carbocycles. The number of alkyl carbamates (subject to hydrolysis) is 1. The van der Waals surface area contributed by atoms with Gasteiger partial charge in [-0.3, -0.25) is 0 Å². The lowest BCUT2D eigenvalue weighted by Gasteiger charge is -2.44. The van der Waals surface area contributed by atoms with Gasteiger partial charge in [0.15, 0.2) is 0 Å². The summed E-state index contributed by atoms with van der Waals surface area (Å²) in [5, 5.41) is 3.18. The number of hydrogen-bond donors (Lipinski definition) is 1. The highest BCUT2D eigenvalue weighted by Crippen LogP contribution is 2.34. The highest BCUT2D eigenvalue weighted by atomic mass is 16.5. The molecule has 5 rings (SSSR count). The van der Waals surface area contributed by atoms with Gasteiger partial charge in [0.05, 0.1) is 6.61 Å². The lowest BCUT2D eigenvalue weighted by atomic mass is 9.79. The van der Waals surface area contributed by atoms with Gasteiger partial charge < -0.3 is 15.0 Å². The van der Waals surface area contributed by atoms with Crippen LogP contribution in [-0.2, 0) is 4.74 Å². The maximum absolute atomic E-state index is 12.4. The summed E-state index contributed by atoms with van der Waals surface area (Å²) in [6.45, 7) is 4.14. The molecule has 0 radical (unpaired) electrons. The second-order valence-corrected chi connectivity index (χ2v) is 8.05. The molecule has 1 aromatic rings. The number of nitrogens with one attached hydrogen (secondary N) is 1. The van der Waals surface area contributed by atoms with E-state index in [4.69, 9.17) is 4.74 Å². The molecule has 3 heterocycles. The van der Waals surface area contributed by atoms with Crippen LogP contribution in [0.15, 0.2) is 30.3 Å². The first kappa shape index (κ1) is 16.9. The summed E-state index contributed by atoms with van der Waals surface area (Å²) in [7, 11) is 0. The number of piperidine rings is 3. The SMILES string of the molecule is O=C(N[C@@H]1CCCC[C@@H]1c1ccccc1)OCC1CN2CCC1CC2. The molecule has 4 nitrogen and oxygen atoms in total. The van der Waals surface area contributed by atoms with Gasteiger partial charge in [0.1, 0.15) is 0 Å². The van der Waals surface area contributed by atoms with Crippen LogP contribution < -0.4 is 5.32 Å². The third-order valence-electron chi connectivity index (χ3n) is 6.52. The Kier molecular flexibility index (Phi) is 5.25. The van der Waals surface area contributed by atoms with Crippen molar-refractivity contribution in [1.82, 2.24) is 10.2 Å². The van der Waals surface area contributed by atoms with Crippen molar-refractivity contribution in [3.63, 3.8) is 0 Å². The first-order chi connectivity index (χ1) is 12.3. The Morgan fingerprint density at radius 2 is 1.84 bits per heavy atom. The molecule has 4 aliphatic rings. The van der Waals surface area contributed by atoms with Crippen molar-refractivity contribution in [3.05, 3.63) is 35.9 Å². The molecule has 0 aromatic heterocycles. The number of fused-ring (bicyclic) bond motifs is 3. The Morgan fingerprint density at radius 3 is 2.56 bits per heavy atom. The summed E-state index contributed by atoms with van der Waals surface area (Å²) in [5.74, 6) is 1.70. The van der Waals surface area contributed by atoms with Crippen LogP contribution in [0, 0.1) is 11.8 Å². The first-order valence-electron chi connectivity index (χ1n) is 10.00. The number of carbonyl (C=O) groups is 1. The van der Waals surface area contributed by atoms with Crippen molar-refractivity contribution >= 4 is 6.09 Å². The van der Waals surface area contributed by atoms with Gasteiger partial charge in [0.2, 0.25) is 0 Å². The maximum Gasteiger partial charge on any atom is 0.407 e. The number of ether oxygens (including phenoxy) is 1. The zero-order valence-electron chi connectivity index (χ0n) is 15.0.